The van der Waals surface area contributed by atoms with Crippen LogP contribution in [0.1, 0.15) is 46.0 Å². The number of aromatic nitrogens is 2. The van der Waals surface area contributed by atoms with E-state index >= 15 is 0 Å². The lowest BCUT2D eigenvalue weighted by Gasteiger charge is -2.29. The molecule has 2 aromatic rings. The highest BCUT2D eigenvalue weighted by Gasteiger charge is 2.28. The maximum atomic E-state index is 14.7. The first-order valence-corrected chi connectivity index (χ1v) is 11.6. The van der Waals surface area contributed by atoms with E-state index in [4.69, 9.17) is 30.5 Å². The highest BCUT2D eigenvalue weighted by atomic mass is 35.5. The zero-order valence-electron chi connectivity index (χ0n) is 18.7. The number of rotatable bonds is 9. The summed E-state index contributed by atoms with van der Waals surface area (Å²) >= 11 is 6.52. The topological polar surface area (TPSA) is 71.8 Å². The van der Waals surface area contributed by atoms with Gasteiger partial charge in [0.1, 0.15) is 34.3 Å². The van der Waals surface area contributed by atoms with Gasteiger partial charge in [0.2, 0.25) is 0 Å². The van der Waals surface area contributed by atoms with Gasteiger partial charge < -0.3 is 23.7 Å². The number of benzene rings is 1. The molecule has 9 heteroatoms. The van der Waals surface area contributed by atoms with Crippen molar-refractivity contribution in [1.82, 2.24) is 9.55 Å². The van der Waals surface area contributed by atoms with Gasteiger partial charge >= 0.3 is 0 Å². The number of Topliss-reactive ketones (excluding diaryl/α,β-unsaturated/α-hetero) is 1. The molecule has 0 N–H and O–H groups in total. The van der Waals surface area contributed by atoms with Crippen molar-refractivity contribution < 1.29 is 28.1 Å². The molecular weight excluding hydrogens is 439 g/mol. The Kier molecular flexibility index (Phi) is 7.22. The van der Waals surface area contributed by atoms with Gasteiger partial charge in [0.15, 0.2) is 5.82 Å². The van der Waals surface area contributed by atoms with Gasteiger partial charge in [-0.2, -0.15) is 4.98 Å². The number of nitrogens with zero attached hydrogens (tertiary/aromatic N) is 2. The molecular formula is C23H30ClFN2O5. The molecule has 1 atom stereocenters. The molecule has 2 fully saturated rings. The third-order valence-corrected chi connectivity index (χ3v) is 6.37. The first kappa shape index (κ1) is 23.3. The Morgan fingerprint density at radius 3 is 2.56 bits per heavy atom. The Labute approximate surface area is 192 Å². The van der Waals surface area contributed by atoms with E-state index in [1.165, 1.54) is 6.07 Å². The predicted molar refractivity (Wildman–Crippen MR) is 118 cm³/mol. The van der Waals surface area contributed by atoms with Crippen LogP contribution in [-0.2, 0) is 21.3 Å². The summed E-state index contributed by atoms with van der Waals surface area (Å²) in [4.78, 5) is 15.6. The first-order valence-electron chi connectivity index (χ1n) is 11.2. The van der Waals surface area contributed by atoms with Gasteiger partial charge in [-0.1, -0.05) is 18.5 Å². The summed E-state index contributed by atoms with van der Waals surface area (Å²) in [5.74, 6) is 0.206. The molecule has 32 heavy (non-hydrogen) atoms. The Bertz CT molecular complexity index is 969. The highest BCUT2D eigenvalue weighted by molar-refractivity contribution is 6.36. The van der Waals surface area contributed by atoms with Crippen molar-refractivity contribution in [2.45, 2.75) is 64.3 Å². The highest BCUT2D eigenvalue weighted by Crippen LogP contribution is 2.38. The molecule has 7 nitrogen and oxygen atoms in total. The summed E-state index contributed by atoms with van der Waals surface area (Å²) in [7, 11) is 1.76. The van der Waals surface area contributed by atoms with Gasteiger partial charge in [-0.05, 0) is 38.5 Å². The van der Waals surface area contributed by atoms with E-state index in [-0.39, 0.29) is 41.3 Å². The monoisotopic (exact) mass is 468 g/mol. The number of carbonyl (C=O) groups excluding carboxylic acids is 1. The lowest BCUT2D eigenvalue weighted by atomic mass is 9.95. The minimum Gasteiger partial charge on any atom is -0.484 e. The van der Waals surface area contributed by atoms with Gasteiger partial charge in [0.05, 0.1) is 24.8 Å². The SMILES string of the molecule is CC(=O)C[C@@H](C)COC1CCC(Oc2nc3c(F)cc(OC4COC4)c(Cl)c3n2C)CC1. The van der Waals surface area contributed by atoms with Crippen LogP contribution in [0.5, 0.6) is 11.8 Å². The van der Waals surface area contributed by atoms with Crippen LogP contribution in [0.2, 0.25) is 5.02 Å². The van der Waals surface area contributed by atoms with E-state index in [1.807, 2.05) is 6.92 Å². The molecule has 1 aromatic heterocycles. The van der Waals surface area contributed by atoms with E-state index in [2.05, 4.69) is 4.98 Å². The minimum atomic E-state index is -0.498. The smallest absolute Gasteiger partial charge is 0.297 e. The second-order valence-corrected chi connectivity index (χ2v) is 9.34. The molecule has 1 aliphatic carbocycles. The number of aryl methyl sites for hydroxylation is 1. The Morgan fingerprint density at radius 2 is 1.94 bits per heavy atom. The van der Waals surface area contributed by atoms with E-state index < -0.39 is 5.82 Å². The zero-order valence-corrected chi connectivity index (χ0v) is 19.5. The molecule has 0 bridgehead atoms. The molecule has 0 amide bonds. The van der Waals surface area contributed by atoms with Crippen LogP contribution in [0.25, 0.3) is 11.0 Å². The standard InChI is InChI=1S/C23H30ClFN2O5/c1-13(8-14(2)28)10-30-15-4-6-16(7-5-15)32-23-26-21-18(25)9-19(31-17-11-29-12-17)20(24)22(21)27(23)3/h9,13,15-17H,4-8,10-12H2,1-3H3/t13-,15?,16?/m1/s1. The molecule has 0 spiro atoms. The lowest BCUT2D eigenvalue weighted by Crippen LogP contribution is -2.38. The van der Waals surface area contributed by atoms with E-state index in [0.717, 1.165) is 25.7 Å². The fraction of sp³-hybridized carbons (Fsp3) is 0.652. The van der Waals surface area contributed by atoms with Crippen molar-refractivity contribution in [3.05, 3.63) is 16.9 Å². The van der Waals surface area contributed by atoms with Crippen LogP contribution in [0.15, 0.2) is 6.07 Å². The van der Waals surface area contributed by atoms with Crippen LogP contribution < -0.4 is 9.47 Å². The minimum absolute atomic E-state index is 0.0234. The first-order chi connectivity index (χ1) is 15.3. The maximum Gasteiger partial charge on any atom is 0.297 e. The third kappa shape index (κ3) is 5.18. The van der Waals surface area contributed by atoms with Gasteiger partial charge in [-0.15, -0.1) is 0 Å². The molecule has 176 valence electrons. The molecule has 0 unspecified atom stereocenters. The molecule has 2 heterocycles. The number of fused-ring (bicyclic) bond motifs is 1. The molecule has 1 aliphatic heterocycles. The summed E-state index contributed by atoms with van der Waals surface area (Å²) in [6, 6.07) is 1.61. The average molecular weight is 469 g/mol. The Hall–Kier alpha value is -1.90. The summed E-state index contributed by atoms with van der Waals surface area (Å²) in [5, 5.41) is 0.315. The van der Waals surface area contributed by atoms with Crippen molar-refractivity contribution in [1.29, 1.82) is 0 Å². The van der Waals surface area contributed by atoms with Crippen molar-refractivity contribution in [2.24, 2.45) is 13.0 Å². The van der Waals surface area contributed by atoms with E-state index in [9.17, 15) is 9.18 Å². The number of imidazole rings is 1. The number of hydrogen-bond acceptors (Lipinski definition) is 6. The summed E-state index contributed by atoms with van der Waals surface area (Å²) in [5.41, 5.74) is 0.620. The van der Waals surface area contributed by atoms with Gasteiger partial charge in [-0.3, -0.25) is 4.57 Å². The number of ketones is 1. The Balaban J connectivity index is 1.37. The van der Waals surface area contributed by atoms with Gasteiger partial charge in [0.25, 0.3) is 6.01 Å². The lowest BCUT2D eigenvalue weighted by molar-refractivity contribution is -0.118. The van der Waals surface area contributed by atoms with E-state index in [1.54, 1.807) is 18.5 Å². The molecule has 4 rings (SSSR count). The zero-order chi connectivity index (χ0) is 22.8. The second kappa shape index (κ2) is 9.93. The molecule has 0 radical (unpaired) electrons. The van der Waals surface area contributed by atoms with Gasteiger partial charge in [-0.25, -0.2) is 4.39 Å². The normalized spacial score (nSPS) is 22.5. The third-order valence-electron chi connectivity index (χ3n) is 6.01. The van der Waals surface area contributed by atoms with Crippen LogP contribution in [0, 0.1) is 11.7 Å². The summed E-state index contributed by atoms with van der Waals surface area (Å²) in [6.07, 6.45) is 3.97. The molecule has 1 saturated heterocycles. The maximum absolute atomic E-state index is 14.7. The van der Waals surface area contributed by atoms with Crippen LogP contribution in [0.4, 0.5) is 4.39 Å². The fourth-order valence-electron chi connectivity index (χ4n) is 4.23. The average Bonchev–Trinajstić information content (AvgIpc) is 3.04. The predicted octanol–water partition coefficient (Wildman–Crippen LogP) is 4.47. The molecule has 1 aromatic carbocycles. The molecule has 1 saturated carbocycles. The van der Waals surface area contributed by atoms with Gasteiger partial charge in [0, 0.05) is 26.1 Å². The van der Waals surface area contributed by atoms with Crippen LogP contribution in [-0.4, -0.2) is 53.5 Å². The fourth-order valence-corrected chi connectivity index (χ4v) is 4.54. The number of hydrogen-bond donors (Lipinski definition) is 0. The quantitative estimate of drug-likeness (QED) is 0.541. The second-order valence-electron chi connectivity index (χ2n) is 8.96. The summed E-state index contributed by atoms with van der Waals surface area (Å²) < 4.78 is 39.4. The van der Waals surface area contributed by atoms with Crippen molar-refractivity contribution in [3.8, 4) is 11.8 Å². The van der Waals surface area contributed by atoms with E-state index in [0.29, 0.717) is 42.8 Å². The van der Waals surface area contributed by atoms with Crippen molar-refractivity contribution >= 4 is 28.4 Å². The number of carbonyl (C=O) groups is 1. The van der Waals surface area contributed by atoms with Crippen LogP contribution in [0.3, 0.4) is 0 Å². The van der Waals surface area contributed by atoms with Crippen LogP contribution >= 0.6 is 11.6 Å². The number of ether oxygens (including phenoxy) is 4. The Morgan fingerprint density at radius 1 is 1.25 bits per heavy atom. The summed E-state index contributed by atoms with van der Waals surface area (Å²) in [6.45, 7) is 5.17. The van der Waals surface area contributed by atoms with Crippen molar-refractivity contribution in [3.63, 3.8) is 0 Å². The number of halogens is 2. The largest absolute Gasteiger partial charge is 0.484 e. The molecule has 2 aliphatic rings. The van der Waals surface area contributed by atoms with Crippen molar-refractivity contribution in [2.75, 3.05) is 19.8 Å².